The molecule has 0 aliphatic heterocycles. The van der Waals surface area contributed by atoms with Gasteiger partial charge in [-0.1, -0.05) is 37.3 Å². The Balaban J connectivity index is 4.05. The van der Waals surface area contributed by atoms with Gasteiger partial charge in [-0.05, 0) is 32.4 Å². The van der Waals surface area contributed by atoms with Gasteiger partial charge in [0.25, 0.3) is 0 Å². The SMILES string of the molecule is CCCCSC(=S)SC(C)(C)C(=O)CCCO. The van der Waals surface area contributed by atoms with Gasteiger partial charge >= 0.3 is 0 Å². The first-order valence-electron chi connectivity index (χ1n) is 5.94. The van der Waals surface area contributed by atoms with Crippen LogP contribution in [-0.4, -0.2) is 31.5 Å². The van der Waals surface area contributed by atoms with Crippen LogP contribution >= 0.6 is 35.7 Å². The Morgan fingerprint density at radius 3 is 2.53 bits per heavy atom. The van der Waals surface area contributed by atoms with E-state index in [9.17, 15) is 4.79 Å². The van der Waals surface area contributed by atoms with E-state index in [1.54, 1.807) is 11.8 Å². The van der Waals surface area contributed by atoms with Gasteiger partial charge in [0.05, 0.1) is 4.75 Å². The number of carbonyl (C=O) groups excluding carboxylic acids is 1. The second-order valence-corrected chi connectivity index (χ2v) is 8.24. The number of hydrogen-bond donors (Lipinski definition) is 1. The van der Waals surface area contributed by atoms with Crippen LogP contribution in [0.5, 0.6) is 0 Å². The fourth-order valence-corrected chi connectivity index (χ4v) is 4.35. The summed E-state index contributed by atoms with van der Waals surface area (Å²) in [7, 11) is 0. The number of Topliss-reactive ketones (excluding diaryl/α,β-unsaturated/α-hetero) is 1. The first-order chi connectivity index (χ1) is 7.94. The molecule has 0 rings (SSSR count). The summed E-state index contributed by atoms with van der Waals surface area (Å²) in [5.41, 5.74) is 0. The average Bonchev–Trinajstić information content (AvgIpc) is 2.25. The molecule has 0 amide bonds. The van der Waals surface area contributed by atoms with Crippen LogP contribution in [0, 0.1) is 0 Å². The van der Waals surface area contributed by atoms with Crippen LogP contribution in [-0.2, 0) is 4.79 Å². The summed E-state index contributed by atoms with van der Waals surface area (Å²) in [5.74, 6) is 1.19. The standard InChI is InChI=1S/C12H22O2S3/c1-4-5-9-16-11(15)17-12(2,3)10(14)7-6-8-13/h13H,4-9H2,1-3H3. The summed E-state index contributed by atoms with van der Waals surface area (Å²) in [6, 6.07) is 0. The molecule has 0 aliphatic carbocycles. The van der Waals surface area contributed by atoms with Crippen molar-refractivity contribution in [3.05, 3.63) is 0 Å². The molecule has 0 bridgehead atoms. The van der Waals surface area contributed by atoms with Crippen LogP contribution in [0.25, 0.3) is 0 Å². The summed E-state index contributed by atoms with van der Waals surface area (Å²) in [5, 5.41) is 8.72. The highest BCUT2D eigenvalue weighted by Gasteiger charge is 2.29. The van der Waals surface area contributed by atoms with Crippen molar-refractivity contribution in [2.75, 3.05) is 12.4 Å². The normalized spacial score (nSPS) is 11.5. The summed E-state index contributed by atoms with van der Waals surface area (Å²) in [6.45, 7) is 6.04. The minimum Gasteiger partial charge on any atom is -0.396 e. The van der Waals surface area contributed by atoms with Gasteiger partial charge in [-0.2, -0.15) is 0 Å². The predicted octanol–water partition coefficient (Wildman–Crippen LogP) is 3.66. The van der Waals surface area contributed by atoms with Gasteiger partial charge in [0.1, 0.15) is 9.31 Å². The largest absolute Gasteiger partial charge is 0.396 e. The highest BCUT2D eigenvalue weighted by molar-refractivity contribution is 8.47. The zero-order chi connectivity index (χ0) is 13.3. The maximum atomic E-state index is 11.9. The van der Waals surface area contributed by atoms with Gasteiger partial charge in [-0.15, -0.1) is 11.8 Å². The Hall–Kier alpha value is 0.420. The molecule has 0 saturated heterocycles. The highest BCUT2D eigenvalue weighted by atomic mass is 32.2. The van der Waals surface area contributed by atoms with Crippen LogP contribution < -0.4 is 0 Å². The number of aliphatic hydroxyl groups is 1. The molecule has 0 saturated carbocycles. The van der Waals surface area contributed by atoms with E-state index in [-0.39, 0.29) is 12.4 Å². The average molecular weight is 295 g/mol. The molecule has 2 nitrogen and oxygen atoms in total. The maximum absolute atomic E-state index is 11.9. The van der Waals surface area contributed by atoms with Crippen molar-refractivity contribution in [3.8, 4) is 0 Å². The minimum absolute atomic E-state index is 0.0716. The summed E-state index contributed by atoms with van der Waals surface area (Å²) < 4.78 is 0.381. The first kappa shape index (κ1) is 17.4. The molecular weight excluding hydrogens is 272 g/mol. The molecule has 0 atom stereocenters. The lowest BCUT2D eigenvalue weighted by Gasteiger charge is -2.22. The topological polar surface area (TPSA) is 37.3 Å². The molecule has 0 spiro atoms. The molecule has 1 N–H and O–H groups in total. The van der Waals surface area contributed by atoms with E-state index in [1.807, 2.05) is 13.8 Å². The van der Waals surface area contributed by atoms with E-state index >= 15 is 0 Å². The van der Waals surface area contributed by atoms with Crippen LogP contribution in [0.1, 0.15) is 46.5 Å². The molecule has 0 heterocycles. The number of carbonyl (C=O) groups is 1. The summed E-state index contributed by atoms with van der Waals surface area (Å²) >= 11 is 8.41. The van der Waals surface area contributed by atoms with E-state index in [0.29, 0.717) is 12.8 Å². The van der Waals surface area contributed by atoms with Crippen LogP contribution in [0.2, 0.25) is 0 Å². The summed E-state index contributed by atoms with van der Waals surface area (Å²) in [6.07, 6.45) is 3.29. The summed E-state index contributed by atoms with van der Waals surface area (Å²) in [4.78, 5) is 11.9. The Morgan fingerprint density at radius 1 is 1.35 bits per heavy atom. The number of hydrogen-bond acceptors (Lipinski definition) is 5. The monoisotopic (exact) mass is 294 g/mol. The zero-order valence-corrected chi connectivity index (χ0v) is 13.3. The van der Waals surface area contributed by atoms with Crippen LogP contribution in [0.4, 0.5) is 0 Å². The molecule has 0 radical (unpaired) electrons. The molecule has 0 fully saturated rings. The van der Waals surface area contributed by atoms with Crippen LogP contribution in [0.15, 0.2) is 0 Å². The van der Waals surface area contributed by atoms with Crippen molar-refractivity contribution < 1.29 is 9.90 Å². The molecule has 5 heteroatoms. The van der Waals surface area contributed by atoms with Gasteiger partial charge < -0.3 is 5.11 Å². The minimum atomic E-state index is -0.467. The van der Waals surface area contributed by atoms with E-state index < -0.39 is 4.75 Å². The van der Waals surface area contributed by atoms with Crippen molar-refractivity contribution in [1.82, 2.24) is 0 Å². The Bertz CT molecular complexity index is 252. The van der Waals surface area contributed by atoms with Gasteiger partial charge in [0, 0.05) is 13.0 Å². The Morgan fingerprint density at radius 2 is 2.00 bits per heavy atom. The second-order valence-electron chi connectivity index (χ2n) is 4.31. The zero-order valence-electron chi connectivity index (χ0n) is 10.8. The van der Waals surface area contributed by atoms with Crippen molar-refractivity contribution in [1.29, 1.82) is 0 Å². The third kappa shape index (κ3) is 8.19. The molecular formula is C12H22O2S3. The van der Waals surface area contributed by atoms with Gasteiger partial charge in [0.2, 0.25) is 0 Å². The molecule has 100 valence electrons. The van der Waals surface area contributed by atoms with E-state index in [0.717, 1.165) is 15.7 Å². The lowest BCUT2D eigenvalue weighted by atomic mass is 10.0. The fourth-order valence-electron chi connectivity index (χ4n) is 1.14. The van der Waals surface area contributed by atoms with E-state index in [1.165, 1.54) is 18.2 Å². The number of unbranched alkanes of at least 4 members (excludes halogenated alkanes) is 1. The number of thiocarbonyl (C=S) groups is 1. The highest BCUT2D eigenvalue weighted by Crippen LogP contribution is 2.33. The van der Waals surface area contributed by atoms with Crippen LogP contribution in [0.3, 0.4) is 0 Å². The van der Waals surface area contributed by atoms with Gasteiger partial charge in [-0.25, -0.2) is 0 Å². The number of aliphatic hydroxyl groups excluding tert-OH is 1. The molecule has 0 aromatic heterocycles. The van der Waals surface area contributed by atoms with E-state index in [2.05, 4.69) is 6.92 Å². The van der Waals surface area contributed by atoms with Crippen molar-refractivity contribution in [3.63, 3.8) is 0 Å². The number of ketones is 1. The quantitative estimate of drug-likeness (QED) is 0.546. The molecule has 0 aromatic rings. The van der Waals surface area contributed by atoms with Crippen molar-refractivity contribution in [2.45, 2.75) is 51.2 Å². The Labute approximate surface area is 118 Å². The third-order valence-corrected chi connectivity index (χ3v) is 5.13. The fraction of sp³-hybridized carbons (Fsp3) is 0.833. The third-order valence-electron chi connectivity index (χ3n) is 2.29. The molecule has 0 aliphatic rings. The molecule has 0 aromatic carbocycles. The molecule has 0 unspecified atom stereocenters. The number of thioether (sulfide) groups is 2. The van der Waals surface area contributed by atoms with Crippen molar-refractivity contribution >= 4 is 45.1 Å². The second kappa shape index (κ2) is 9.36. The Kier molecular flexibility index (Phi) is 9.59. The van der Waals surface area contributed by atoms with Gasteiger partial charge in [0.15, 0.2) is 0 Å². The number of rotatable bonds is 8. The predicted molar refractivity (Wildman–Crippen MR) is 83.0 cm³/mol. The lowest BCUT2D eigenvalue weighted by Crippen LogP contribution is -2.28. The lowest BCUT2D eigenvalue weighted by molar-refractivity contribution is -0.120. The van der Waals surface area contributed by atoms with E-state index in [4.69, 9.17) is 17.3 Å². The molecule has 17 heavy (non-hydrogen) atoms. The van der Waals surface area contributed by atoms with Crippen molar-refractivity contribution in [2.24, 2.45) is 0 Å². The maximum Gasteiger partial charge on any atom is 0.148 e. The van der Waals surface area contributed by atoms with Gasteiger partial charge in [-0.3, -0.25) is 4.79 Å². The first-order valence-corrected chi connectivity index (χ1v) is 8.15. The smallest absolute Gasteiger partial charge is 0.148 e.